The molecule has 118 valence electrons. The van der Waals surface area contributed by atoms with E-state index >= 15 is 0 Å². The molecule has 0 aromatic carbocycles. The highest BCUT2D eigenvalue weighted by Gasteiger charge is 2.20. The largest absolute Gasteiger partial charge is 0.444 e. The predicted molar refractivity (Wildman–Crippen MR) is 76.9 cm³/mol. The number of rotatable bonds is 5. The maximum atomic E-state index is 11.4. The molecule has 0 bridgehead atoms. The van der Waals surface area contributed by atoms with Crippen LogP contribution in [0.1, 0.15) is 39.0 Å². The molecule has 7 nitrogen and oxygen atoms in total. The van der Waals surface area contributed by atoms with Gasteiger partial charge in [-0.3, -0.25) is 4.79 Å². The normalized spacial score (nSPS) is 14.3. The topological polar surface area (TPSA) is 112 Å². The van der Waals surface area contributed by atoms with E-state index in [-0.39, 0.29) is 24.1 Å². The summed E-state index contributed by atoms with van der Waals surface area (Å²) >= 11 is 0. The lowest BCUT2D eigenvalue weighted by Gasteiger charge is -2.21. The molecule has 0 aliphatic carbocycles. The molecule has 0 fully saturated rings. The van der Waals surface area contributed by atoms with Gasteiger partial charge in [-0.15, -0.1) is 0 Å². The number of carbonyl (C=O) groups is 1. The fraction of sp³-hybridized carbons (Fsp3) is 0.571. The number of H-pyrrole nitrogens is 1. The average Bonchev–Trinajstić information content (AvgIpc) is 2.35. The number of amides is 1. The van der Waals surface area contributed by atoms with Crippen LogP contribution in [0.3, 0.4) is 0 Å². The van der Waals surface area contributed by atoms with E-state index in [1.807, 2.05) is 0 Å². The van der Waals surface area contributed by atoms with E-state index in [1.54, 1.807) is 20.8 Å². The van der Waals surface area contributed by atoms with Crippen molar-refractivity contribution >= 4 is 6.09 Å². The van der Waals surface area contributed by atoms with Crippen LogP contribution in [-0.4, -0.2) is 39.5 Å². The zero-order valence-electron chi connectivity index (χ0n) is 12.4. The molecule has 0 aliphatic heterocycles. The molecule has 0 radical (unpaired) electrons. The number of aliphatic hydroxyl groups is 2. The van der Waals surface area contributed by atoms with Crippen LogP contribution >= 0.6 is 0 Å². The van der Waals surface area contributed by atoms with Gasteiger partial charge in [0.25, 0.3) is 0 Å². The van der Waals surface area contributed by atoms with Crippen molar-refractivity contribution in [3.8, 4) is 0 Å². The van der Waals surface area contributed by atoms with Crippen LogP contribution in [0.5, 0.6) is 0 Å². The minimum Gasteiger partial charge on any atom is -0.444 e. The minimum atomic E-state index is -1.22. The molecule has 0 spiro atoms. The highest BCUT2D eigenvalue weighted by molar-refractivity contribution is 5.67. The molecule has 1 aromatic rings. The van der Waals surface area contributed by atoms with Crippen molar-refractivity contribution in [2.45, 2.75) is 45.0 Å². The monoisotopic (exact) mass is 298 g/mol. The lowest BCUT2D eigenvalue weighted by molar-refractivity contribution is 0.00989. The standard InChI is InChI=1S/C14H22N2O5/c1-14(2,3)21-13(20)16-7-5-11(18)12(19)10-8-9(17)4-6-15-10/h4,6,8,11-12,18-19H,5,7H2,1-3H3,(H,15,17)(H,16,20). The summed E-state index contributed by atoms with van der Waals surface area (Å²) < 4.78 is 5.04. The summed E-state index contributed by atoms with van der Waals surface area (Å²) in [5.41, 5.74) is -0.625. The summed E-state index contributed by atoms with van der Waals surface area (Å²) in [6.07, 6.45) is -1.40. The average molecular weight is 298 g/mol. The second-order valence-electron chi connectivity index (χ2n) is 5.71. The fourth-order valence-corrected chi connectivity index (χ4v) is 1.64. The zero-order valence-corrected chi connectivity index (χ0v) is 12.4. The summed E-state index contributed by atoms with van der Waals surface area (Å²) in [4.78, 5) is 25.3. The number of nitrogens with one attached hydrogen (secondary N) is 2. The molecular weight excluding hydrogens is 276 g/mol. The van der Waals surface area contributed by atoms with E-state index in [0.29, 0.717) is 0 Å². The van der Waals surface area contributed by atoms with Crippen LogP contribution in [0, 0.1) is 0 Å². The van der Waals surface area contributed by atoms with E-state index in [0.717, 1.165) is 0 Å². The van der Waals surface area contributed by atoms with Crippen molar-refractivity contribution in [1.29, 1.82) is 0 Å². The first-order chi connectivity index (χ1) is 9.69. The van der Waals surface area contributed by atoms with Gasteiger partial charge in [-0.05, 0) is 27.2 Å². The molecule has 0 aliphatic rings. The zero-order chi connectivity index (χ0) is 16.0. The second-order valence-corrected chi connectivity index (χ2v) is 5.71. The van der Waals surface area contributed by atoms with E-state index in [9.17, 15) is 19.8 Å². The van der Waals surface area contributed by atoms with Crippen molar-refractivity contribution in [1.82, 2.24) is 10.3 Å². The van der Waals surface area contributed by atoms with Gasteiger partial charge < -0.3 is 25.3 Å². The number of aromatic amines is 1. The number of carbonyl (C=O) groups excluding carboxylic acids is 1. The van der Waals surface area contributed by atoms with E-state index in [4.69, 9.17) is 4.74 Å². The van der Waals surface area contributed by atoms with Gasteiger partial charge in [-0.2, -0.15) is 0 Å². The summed E-state index contributed by atoms with van der Waals surface area (Å²) in [6, 6.07) is 2.53. The quantitative estimate of drug-likeness (QED) is 0.639. The number of ether oxygens (including phenoxy) is 1. The highest BCUT2D eigenvalue weighted by Crippen LogP contribution is 2.15. The van der Waals surface area contributed by atoms with Crippen LogP contribution in [0.25, 0.3) is 0 Å². The van der Waals surface area contributed by atoms with Crippen molar-refractivity contribution < 1.29 is 19.7 Å². The van der Waals surface area contributed by atoms with Gasteiger partial charge in [0.15, 0.2) is 5.43 Å². The Labute approximate surface area is 123 Å². The van der Waals surface area contributed by atoms with Gasteiger partial charge in [0, 0.05) is 24.9 Å². The van der Waals surface area contributed by atoms with Crippen LogP contribution in [0.2, 0.25) is 0 Å². The molecule has 4 N–H and O–H groups in total. The van der Waals surface area contributed by atoms with Crippen LogP contribution < -0.4 is 10.7 Å². The number of hydrogen-bond donors (Lipinski definition) is 4. The van der Waals surface area contributed by atoms with Gasteiger partial charge in [-0.25, -0.2) is 4.79 Å². The lowest BCUT2D eigenvalue weighted by Crippen LogP contribution is -2.34. The van der Waals surface area contributed by atoms with Gasteiger partial charge in [-0.1, -0.05) is 0 Å². The van der Waals surface area contributed by atoms with Gasteiger partial charge in [0.05, 0.1) is 11.8 Å². The first kappa shape index (κ1) is 17.2. The maximum Gasteiger partial charge on any atom is 0.407 e. The highest BCUT2D eigenvalue weighted by atomic mass is 16.6. The number of hydrogen-bond acceptors (Lipinski definition) is 5. The van der Waals surface area contributed by atoms with Crippen molar-refractivity contribution in [2.75, 3.05) is 6.54 Å². The van der Waals surface area contributed by atoms with E-state index in [1.165, 1.54) is 18.3 Å². The SMILES string of the molecule is CC(C)(C)OC(=O)NCCC(O)C(O)c1cc(=O)cc[nH]1. The number of aromatic nitrogens is 1. The van der Waals surface area contributed by atoms with Crippen LogP contribution in [-0.2, 0) is 4.74 Å². The molecule has 1 amide bonds. The van der Waals surface area contributed by atoms with Crippen LogP contribution in [0.4, 0.5) is 4.79 Å². The summed E-state index contributed by atoms with van der Waals surface area (Å²) in [7, 11) is 0. The Kier molecular flexibility index (Phi) is 5.92. The first-order valence-electron chi connectivity index (χ1n) is 6.70. The molecule has 7 heteroatoms. The number of pyridine rings is 1. The molecule has 2 atom stereocenters. The van der Waals surface area contributed by atoms with Crippen molar-refractivity contribution in [2.24, 2.45) is 0 Å². The summed E-state index contributed by atoms with van der Waals surface area (Å²) in [5, 5.41) is 22.2. The summed E-state index contributed by atoms with van der Waals surface area (Å²) in [6.45, 7) is 5.38. The van der Waals surface area contributed by atoms with Gasteiger partial charge >= 0.3 is 6.09 Å². The van der Waals surface area contributed by atoms with Gasteiger partial charge in [0.1, 0.15) is 11.7 Å². The molecule has 1 aromatic heterocycles. The van der Waals surface area contributed by atoms with E-state index < -0.39 is 23.9 Å². The first-order valence-corrected chi connectivity index (χ1v) is 6.70. The Hall–Kier alpha value is -1.86. The summed E-state index contributed by atoms with van der Waals surface area (Å²) in [5.74, 6) is 0. The third-order valence-electron chi connectivity index (χ3n) is 2.59. The third-order valence-corrected chi connectivity index (χ3v) is 2.59. The Morgan fingerprint density at radius 3 is 2.67 bits per heavy atom. The molecule has 0 saturated heterocycles. The smallest absolute Gasteiger partial charge is 0.407 e. The Bertz CT molecular complexity index is 521. The number of aliphatic hydroxyl groups excluding tert-OH is 2. The van der Waals surface area contributed by atoms with Crippen molar-refractivity contribution in [3.05, 3.63) is 34.2 Å². The van der Waals surface area contributed by atoms with Gasteiger partial charge in [0.2, 0.25) is 0 Å². The molecular formula is C14H22N2O5. The lowest BCUT2D eigenvalue weighted by atomic mass is 10.1. The molecule has 2 unspecified atom stereocenters. The van der Waals surface area contributed by atoms with Crippen molar-refractivity contribution in [3.63, 3.8) is 0 Å². The Morgan fingerprint density at radius 1 is 1.43 bits per heavy atom. The maximum absolute atomic E-state index is 11.4. The molecule has 21 heavy (non-hydrogen) atoms. The number of alkyl carbamates (subject to hydrolysis) is 1. The van der Waals surface area contributed by atoms with Crippen LogP contribution in [0.15, 0.2) is 23.1 Å². The second kappa shape index (κ2) is 7.24. The fourth-order valence-electron chi connectivity index (χ4n) is 1.64. The molecule has 1 rings (SSSR count). The van der Waals surface area contributed by atoms with E-state index in [2.05, 4.69) is 10.3 Å². The minimum absolute atomic E-state index is 0.122. The Morgan fingerprint density at radius 2 is 2.10 bits per heavy atom. The third kappa shape index (κ3) is 6.42. The predicted octanol–water partition coefficient (Wildman–Crippen LogP) is 0.684. The molecule has 0 saturated carbocycles. The molecule has 1 heterocycles. The Balaban J connectivity index is 2.42.